The van der Waals surface area contributed by atoms with Crippen molar-refractivity contribution in [1.82, 2.24) is 20.0 Å². The third-order valence-electron chi connectivity index (χ3n) is 5.15. The van der Waals surface area contributed by atoms with E-state index >= 15 is 0 Å². The van der Waals surface area contributed by atoms with E-state index in [9.17, 15) is 4.79 Å². The van der Waals surface area contributed by atoms with Crippen LogP contribution in [0.3, 0.4) is 0 Å². The van der Waals surface area contributed by atoms with Gasteiger partial charge in [0.2, 0.25) is 0 Å². The predicted molar refractivity (Wildman–Crippen MR) is 115 cm³/mol. The van der Waals surface area contributed by atoms with Gasteiger partial charge < -0.3 is 14.8 Å². The van der Waals surface area contributed by atoms with Crippen molar-refractivity contribution in [2.24, 2.45) is 0 Å². The van der Waals surface area contributed by atoms with Gasteiger partial charge in [0, 0.05) is 31.7 Å². The van der Waals surface area contributed by atoms with Crippen LogP contribution in [0.2, 0.25) is 0 Å². The summed E-state index contributed by atoms with van der Waals surface area (Å²) in [6.45, 7) is 4.68. The lowest BCUT2D eigenvalue weighted by Crippen LogP contribution is -2.41. The Bertz CT molecular complexity index is 964. The molecule has 0 radical (unpaired) electrons. The molecule has 7 nitrogen and oxygen atoms in total. The normalized spacial score (nSPS) is 14.4. The average Bonchev–Trinajstić information content (AvgIpc) is 3.26. The van der Waals surface area contributed by atoms with Crippen LogP contribution in [0.4, 0.5) is 0 Å². The van der Waals surface area contributed by atoms with Crippen molar-refractivity contribution in [3.05, 3.63) is 66.4 Å². The van der Waals surface area contributed by atoms with Crippen LogP contribution in [0.1, 0.15) is 10.5 Å². The third-order valence-corrected chi connectivity index (χ3v) is 5.15. The Hall–Kier alpha value is -3.16. The maximum absolute atomic E-state index is 13.0. The minimum Gasteiger partial charge on any atom is -0.497 e. The standard InChI is InChI=1S/C23H26N4O3/c1-29-20-9-7-19(8-10-20)27-22(17-21(25-27)18-5-3-2-4-6-18)23(28)24-11-12-26-13-15-30-16-14-26/h2-10,17H,11-16H2,1H3,(H,24,28). The SMILES string of the molecule is COc1ccc(-n2nc(-c3ccccc3)cc2C(=O)NCCN2CCOCC2)cc1. The summed E-state index contributed by atoms with van der Waals surface area (Å²) in [6.07, 6.45) is 0. The van der Waals surface area contributed by atoms with Gasteiger partial charge in [0.15, 0.2) is 0 Å². The number of carbonyl (C=O) groups is 1. The smallest absolute Gasteiger partial charge is 0.270 e. The molecule has 2 aromatic carbocycles. The first-order chi connectivity index (χ1) is 14.7. The Morgan fingerprint density at radius 3 is 2.53 bits per heavy atom. The number of amides is 1. The number of ether oxygens (including phenoxy) is 2. The van der Waals surface area contributed by atoms with Crippen molar-refractivity contribution in [3.63, 3.8) is 0 Å². The highest BCUT2D eigenvalue weighted by Gasteiger charge is 2.18. The van der Waals surface area contributed by atoms with E-state index in [-0.39, 0.29) is 5.91 Å². The number of hydrogen-bond acceptors (Lipinski definition) is 5. The lowest BCUT2D eigenvalue weighted by molar-refractivity contribution is 0.0383. The molecule has 0 unspecified atom stereocenters. The van der Waals surface area contributed by atoms with Crippen molar-refractivity contribution in [2.45, 2.75) is 0 Å². The molecule has 1 amide bonds. The fourth-order valence-electron chi connectivity index (χ4n) is 3.46. The van der Waals surface area contributed by atoms with Crippen LogP contribution in [-0.2, 0) is 4.74 Å². The van der Waals surface area contributed by atoms with Gasteiger partial charge in [-0.25, -0.2) is 4.68 Å². The van der Waals surface area contributed by atoms with E-state index < -0.39 is 0 Å². The number of methoxy groups -OCH3 is 1. The van der Waals surface area contributed by atoms with Gasteiger partial charge in [0.05, 0.1) is 31.7 Å². The van der Waals surface area contributed by atoms with Gasteiger partial charge in [0.1, 0.15) is 11.4 Å². The average molecular weight is 406 g/mol. The maximum Gasteiger partial charge on any atom is 0.270 e. The number of hydrogen-bond donors (Lipinski definition) is 1. The first-order valence-corrected chi connectivity index (χ1v) is 10.1. The highest BCUT2D eigenvalue weighted by Crippen LogP contribution is 2.23. The van der Waals surface area contributed by atoms with Gasteiger partial charge in [-0.2, -0.15) is 5.10 Å². The third kappa shape index (κ3) is 4.69. The molecule has 1 aromatic heterocycles. The van der Waals surface area contributed by atoms with Crippen molar-refractivity contribution in [1.29, 1.82) is 0 Å². The Kier molecular flexibility index (Phi) is 6.41. The van der Waals surface area contributed by atoms with E-state index in [0.29, 0.717) is 12.2 Å². The first-order valence-electron chi connectivity index (χ1n) is 10.1. The van der Waals surface area contributed by atoms with Gasteiger partial charge in [-0.3, -0.25) is 9.69 Å². The van der Waals surface area contributed by atoms with Crippen LogP contribution in [0.25, 0.3) is 16.9 Å². The zero-order valence-corrected chi connectivity index (χ0v) is 17.1. The van der Waals surface area contributed by atoms with Crippen LogP contribution in [-0.4, -0.2) is 67.1 Å². The fourth-order valence-corrected chi connectivity index (χ4v) is 3.46. The summed E-state index contributed by atoms with van der Waals surface area (Å²) >= 11 is 0. The molecular weight excluding hydrogens is 380 g/mol. The molecule has 1 fully saturated rings. The molecule has 7 heteroatoms. The molecule has 2 heterocycles. The van der Waals surface area contributed by atoms with Crippen LogP contribution in [0.15, 0.2) is 60.7 Å². The second-order valence-corrected chi connectivity index (χ2v) is 7.10. The Morgan fingerprint density at radius 2 is 1.83 bits per heavy atom. The summed E-state index contributed by atoms with van der Waals surface area (Å²) in [5.41, 5.74) is 3.02. The topological polar surface area (TPSA) is 68.6 Å². The maximum atomic E-state index is 13.0. The quantitative estimate of drug-likeness (QED) is 0.653. The van der Waals surface area contributed by atoms with Crippen LogP contribution >= 0.6 is 0 Å². The fraction of sp³-hybridized carbons (Fsp3) is 0.304. The summed E-state index contributed by atoms with van der Waals surface area (Å²) in [5, 5.41) is 7.75. The molecule has 1 N–H and O–H groups in total. The molecule has 156 valence electrons. The van der Waals surface area contributed by atoms with Crippen molar-refractivity contribution in [3.8, 4) is 22.7 Å². The van der Waals surface area contributed by atoms with Gasteiger partial charge in [-0.15, -0.1) is 0 Å². The Labute approximate surface area is 176 Å². The van der Waals surface area contributed by atoms with Gasteiger partial charge in [-0.05, 0) is 30.3 Å². The number of nitrogens with one attached hydrogen (secondary N) is 1. The number of rotatable bonds is 7. The summed E-state index contributed by atoms with van der Waals surface area (Å²) < 4.78 is 12.3. The molecule has 1 aliphatic heterocycles. The highest BCUT2D eigenvalue weighted by molar-refractivity contribution is 5.94. The summed E-state index contributed by atoms with van der Waals surface area (Å²) in [5.74, 6) is 0.611. The molecule has 0 aliphatic carbocycles. The minimum absolute atomic E-state index is 0.145. The monoisotopic (exact) mass is 406 g/mol. The first kappa shape index (κ1) is 20.1. The zero-order chi connectivity index (χ0) is 20.8. The van der Waals surface area contributed by atoms with Gasteiger partial charge >= 0.3 is 0 Å². The van der Waals surface area contributed by atoms with Crippen molar-refractivity contribution >= 4 is 5.91 Å². The van der Waals surface area contributed by atoms with E-state index in [4.69, 9.17) is 14.6 Å². The molecule has 0 bridgehead atoms. The van der Waals surface area contributed by atoms with Crippen molar-refractivity contribution in [2.75, 3.05) is 46.5 Å². The van der Waals surface area contributed by atoms with Crippen LogP contribution in [0.5, 0.6) is 5.75 Å². The van der Waals surface area contributed by atoms with E-state index in [1.165, 1.54) is 0 Å². The molecule has 1 aliphatic rings. The molecule has 3 aromatic rings. The molecular formula is C23H26N4O3. The summed E-state index contributed by atoms with van der Waals surface area (Å²) in [6, 6.07) is 19.2. The number of carbonyl (C=O) groups excluding carboxylic acids is 1. The largest absolute Gasteiger partial charge is 0.497 e. The second kappa shape index (κ2) is 9.56. The van der Waals surface area contributed by atoms with Crippen molar-refractivity contribution < 1.29 is 14.3 Å². The van der Waals surface area contributed by atoms with E-state index in [1.54, 1.807) is 11.8 Å². The molecule has 0 spiro atoms. The Balaban J connectivity index is 1.56. The van der Waals surface area contributed by atoms with Gasteiger partial charge in [-0.1, -0.05) is 30.3 Å². The van der Waals surface area contributed by atoms with E-state index in [0.717, 1.165) is 55.5 Å². The highest BCUT2D eigenvalue weighted by atomic mass is 16.5. The Morgan fingerprint density at radius 1 is 1.10 bits per heavy atom. The number of benzene rings is 2. The molecule has 30 heavy (non-hydrogen) atoms. The number of aromatic nitrogens is 2. The summed E-state index contributed by atoms with van der Waals surface area (Å²) in [4.78, 5) is 15.3. The minimum atomic E-state index is -0.145. The second-order valence-electron chi connectivity index (χ2n) is 7.10. The lowest BCUT2D eigenvalue weighted by atomic mass is 10.1. The molecule has 4 rings (SSSR count). The number of nitrogens with zero attached hydrogens (tertiary/aromatic N) is 3. The molecule has 0 atom stereocenters. The van der Waals surface area contributed by atoms with E-state index in [1.807, 2.05) is 60.7 Å². The number of morpholine rings is 1. The lowest BCUT2D eigenvalue weighted by Gasteiger charge is -2.26. The molecule has 1 saturated heterocycles. The van der Waals surface area contributed by atoms with Crippen LogP contribution in [0, 0.1) is 0 Å². The van der Waals surface area contributed by atoms with E-state index in [2.05, 4.69) is 10.2 Å². The van der Waals surface area contributed by atoms with Gasteiger partial charge in [0.25, 0.3) is 5.91 Å². The summed E-state index contributed by atoms with van der Waals surface area (Å²) in [7, 11) is 1.63. The molecule has 0 saturated carbocycles. The predicted octanol–water partition coefficient (Wildman–Crippen LogP) is 2.61. The van der Waals surface area contributed by atoms with Crippen LogP contribution < -0.4 is 10.1 Å². The zero-order valence-electron chi connectivity index (χ0n) is 17.1.